The number of anilines is 2. The van der Waals surface area contributed by atoms with Crippen molar-refractivity contribution in [3.63, 3.8) is 0 Å². The highest BCUT2D eigenvalue weighted by Crippen LogP contribution is 2.32. The van der Waals surface area contributed by atoms with Crippen molar-refractivity contribution in [2.45, 2.75) is 39.2 Å². The maximum atomic E-state index is 13.4. The van der Waals surface area contributed by atoms with E-state index in [4.69, 9.17) is 9.47 Å². The molecule has 1 aliphatic heterocycles. The number of esters is 1. The van der Waals surface area contributed by atoms with Gasteiger partial charge < -0.3 is 29.7 Å². The minimum Gasteiger partial charge on any atom is -0.490 e. The summed E-state index contributed by atoms with van der Waals surface area (Å²) in [5.74, 6) is -0.606. The van der Waals surface area contributed by atoms with Crippen LogP contribution >= 0.6 is 0 Å². The van der Waals surface area contributed by atoms with Gasteiger partial charge in [0.05, 0.1) is 12.2 Å². The molecule has 0 bridgehead atoms. The van der Waals surface area contributed by atoms with Crippen molar-refractivity contribution in [2.24, 2.45) is 0 Å². The first-order valence-corrected chi connectivity index (χ1v) is 15.4. The van der Waals surface area contributed by atoms with E-state index in [2.05, 4.69) is 15.4 Å². The van der Waals surface area contributed by atoms with Crippen molar-refractivity contribution >= 4 is 29.3 Å². The number of piperidine rings is 1. The standard InChI is InChI=1S/C36H34F3N3O6/c1-3-46-34(44)25-10-14-26(15-11-25)41-35(45)42-20-18-28(19-21-42)47-30-8-5-7-27(22-30)40-33(43)31-9-4-6-23(2)32(31)24-12-16-29(17-13-24)48-36(37,38)39/h4-17,22,28H,3,18-21H2,1-2H3,(H,40,43)(H,41,45). The second-order valence-electron chi connectivity index (χ2n) is 11.1. The van der Waals surface area contributed by atoms with Gasteiger partial charge in [0.25, 0.3) is 5.91 Å². The molecule has 2 N–H and O–H groups in total. The number of benzene rings is 4. The maximum Gasteiger partial charge on any atom is 0.573 e. The predicted octanol–water partition coefficient (Wildman–Crippen LogP) is 8.06. The molecule has 0 radical (unpaired) electrons. The van der Waals surface area contributed by atoms with Gasteiger partial charge in [-0.05, 0) is 85.1 Å². The number of likely N-dealkylation sites (tertiary alicyclic amines) is 1. The molecule has 5 rings (SSSR count). The van der Waals surface area contributed by atoms with Crippen LogP contribution in [-0.2, 0) is 4.74 Å². The number of nitrogens with zero attached hydrogens (tertiary/aromatic N) is 1. The molecule has 1 saturated heterocycles. The molecule has 1 fully saturated rings. The summed E-state index contributed by atoms with van der Waals surface area (Å²) in [6.07, 6.45) is -3.74. The molecule has 0 aliphatic carbocycles. The Bertz CT molecular complexity index is 1750. The minimum absolute atomic E-state index is 0.142. The lowest BCUT2D eigenvalue weighted by atomic mass is 9.94. The Morgan fingerprint density at radius 2 is 1.52 bits per heavy atom. The normalized spacial score (nSPS) is 13.4. The van der Waals surface area contributed by atoms with Gasteiger partial charge >= 0.3 is 18.4 Å². The van der Waals surface area contributed by atoms with Gasteiger partial charge in [0.2, 0.25) is 0 Å². The number of nitrogens with one attached hydrogen (secondary N) is 2. The largest absolute Gasteiger partial charge is 0.573 e. The third kappa shape index (κ3) is 8.84. The number of carbonyl (C=O) groups excluding carboxylic acids is 3. The third-order valence-electron chi connectivity index (χ3n) is 7.67. The molecule has 48 heavy (non-hydrogen) atoms. The zero-order chi connectivity index (χ0) is 34.3. The number of ether oxygens (including phenoxy) is 3. The highest BCUT2D eigenvalue weighted by Gasteiger charge is 2.31. The fraction of sp³-hybridized carbons (Fsp3) is 0.250. The maximum absolute atomic E-state index is 13.4. The van der Waals surface area contributed by atoms with Gasteiger partial charge in [-0.3, -0.25) is 4.79 Å². The van der Waals surface area contributed by atoms with Crippen LogP contribution in [0.5, 0.6) is 11.5 Å². The number of amides is 3. The van der Waals surface area contributed by atoms with E-state index in [1.165, 1.54) is 24.3 Å². The molecule has 0 aromatic heterocycles. The van der Waals surface area contributed by atoms with E-state index in [1.807, 2.05) is 13.0 Å². The molecule has 3 amide bonds. The van der Waals surface area contributed by atoms with Crippen LogP contribution in [-0.4, -0.2) is 55.0 Å². The Kier molecular flexibility index (Phi) is 10.5. The lowest BCUT2D eigenvalue weighted by molar-refractivity contribution is -0.274. The summed E-state index contributed by atoms with van der Waals surface area (Å²) < 4.78 is 53.0. The van der Waals surface area contributed by atoms with E-state index in [-0.39, 0.29) is 24.5 Å². The Labute approximate surface area is 275 Å². The summed E-state index contributed by atoms with van der Waals surface area (Å²) in [6, 6.07) is 23.9. The highest BCUT2D eigenvalue weighted by atomic mass is 19.4. The highest BCUT2D eigenvalue weighted by molar-refractivity contribution is 6.09. The first-order valence-electron chi connectivity index (χ1n) is 15.4. The molecule has 4 aromatic carbocycles. The van der Waals surface area contributed by atoms with Crippen molar-refractivity contribution in [2.75, 3.05) is 30.3 Å². The Balaban J connectivity index is 1.16. The lowest BCUT2D eigenvalue weighted by Gasteiger charge is -2.32. The number of aryl methyl sites for hydroxylation is 1. The van der Waals surface area contributed by atoms with Crippen molar-refractivity contribution in [3.8, 4) is 22.6 Å². The summed E-state index contributed by atoms with van der Waals surface area (Å²) in [4.78, 5) is 39.8. The molecule has 9 nitrogen and oxygen atoms in total. The van der Waals surface area contributed by atoms with Gasteiger partial charge in [0.15, 0.2) is 0 Å². The van der Waals surface area contributed by atoms with Crippen LogP contribution in [0.2, 0.25) is 0 Å². The van der Waals surface area contributed by atoms with Crippen LogP contribution < -0.4 is 20.1 Å². The third-order valence-corrected chi connectivity index (χ3v) is 7.67. The van der Waals surface area contributed by atoms with Gasteiger partial charge in [-0.15, -0.1) is 13.2 Å². The van der Waals surface area contributed by atoms with Gasteiger partial charge in [0, 0.05) is 48.9 Å². The van der Waals surface area contributed by atoms with Gasteiger partial charge in [-0.25, -0.2) is 9.59 Å². The van der Waals surface area contributed by atoms with E-state index in [0.717, 1.165) is 5.56 Å². The zero-order valence-electron chi connectivity index (χ0n) is 26.3. The van der Waals surface area contributed by atoms with Crippen LogP contribution in [0.25, 0.3) is 11.1 Å². The average molecular weight is 662 g/mol. The van der Waals surface area contributed by atoms with Gasteiger partial charge in [-0.2, -0.15) is 0 Å². The summed E-state index contributed by atoms with van der Waals surface area (Å²) in [7, 11) is 0. The molecule has 0 unspecified atom stereocenters. The van der Waals surface area contributed by atoms with Crippen LogP contribution in [0.4, 0.5) is 29.3 Å². The molecular weight excluding hydrogens is 627 g/mol. The number of rotatable bonds is 9. The Hall–Kier alpha value is -5.52. The fourth-order valence-electron chi connectivity index (χ4n) is 5.38. The first kappa shape index (κ1) is 33.8. The topological polar surface area (TPSA) is 106 Å². The molecule has 4 aromatic rings. The number of alkyl halides is 3. The van der Waals surface area contributed by atoms with Crippen LogP contribution in [0, 0.1) is 6.92 Å². The summed E-state index contributed by atoms with van der Waals surface area (Å²) >= 11 is 0. The second-order valence-corrected chi connectivity index (χ2v) is 11.1. The number of hydrogen-bond acceptors (Lipinski definition) is 6. The molecule has 250 valence electrons. The van der Waals surface area contributed by atoms with Crippen molar-refractivity contribution in [3.05, 3.63) is 108 Å². The van der Waals surface area contributed by atoms with Gasteiger partial charge in [-0.1, -0.05) is 30.3 Å². The number of halogens is 3. The fourth-order valence-corrected chi connectivity index (χ4v) is 5.38. The predicted molar refractivity (Wildman–Crippen MR) is 174 cm³/mol. The Morgan fingerprint density at radius 1 is 0.833 bits per heavy atom. The van der Waals surface area contributed by atoms with Gasteiger partial charge in [0.1, 0.15) is 17.6 Å². The quantitative estimate of drug-likeness (QED) is 0.176. The van der Waals surface area contributed by atoms with Crippen molar-refractivity contribution < 1.29 is 41.8 Å². The second kappa shape index (κ2) is 14.9. The Morgan fingerprint density at radius 3 is 2.19 bits per heavy atom. The number of carbonyl (C=O) groups is 3. The number of urea groups is 1. The smallest absolute Gasteiger partial charge is 0.490 e. The van der Waals surface area contributed by atoms with Crippen LogP contribution in [0.3, 0.4) is 0 Å². The zero-order valence-corrected chi connectivity index (χ0v) is 26.3. The summed E-state index contributed by atoms with van der Waals surface area (Å²) in [5, 5.41) is 5.75. The molecular formula is C36H34F3N3O6. The van der Waals surface area contributed by atoms with E-state index in [0.29, 0.717) is 65.3 Å². The average Bonchev–Trinajstić information content (AvgIpc) is 3.05. The van der Waals surface area contributed by atoms with E-state index >= 15 is 0 Å². The molecule has 1 heterocycles. The van der Waals surface area contributed by atoms with Crippen molar-refractivity contribution in [1.29, 1.82) is 0 Å². The SMILES string of the molecule is CCOC(=O)c1ccc(NC(=O)N2CCC(Oc3cccc(NC(=O)c4cccc(C)c4-c4ccc(OC(F)(F)F)cc4)c3)CC2)cc1. The minimum atomic E-state index is -4.80. The van der Waals surface area contributed by atoms with Crippen LogP contribution in [0.15, 0.2) is 91.0 Å². The van der Waals surface area contributed by atoms with Crippen molar-refractivity contribution in [1.82, 2.24) is 4.90 Å². The molecule has 12 heteroatoms. The van der Waals surface area contributed by atoms with Crippen LogP contribution in [0.1, 0.15) is 46.0 Å². The molecule has 0 spiro atoms. The van der Waals surface area contributed by atoms with E-state index in [9.17, 15) is 27.6 Å². The molecule has 1 aliphatic rings. The monoisotopic (exact) mass is 661 g/mol. The first-order chi connectivity index (χ1) is 23.0. The molecule has 0 atom stereocenters. The van der Waals surface area contributed by atoms with E-state index < -0.39 is 18.2 Å². The summed E-state index contributed by atoms with van der Waals surface area (Å²) in [5.41, 5.74) is 3.76. The lowest BCUT2D eigenvalue weighted by Crippen LogP contribution is -2.43. The van der Waals surface area contributed by atoms with E-state index in [1.54, 1.807) is 72.5 Å². The summed E-state index contributed by atoms with van der Waals surface area (Å²) in [6.45, 7) is 4.79. The molecule has 0 saturated carbocycles. The number of hydrogen-bond donors (Lipinski definition) is 2.